The molecule has 28 heavy (non-hydrogen) atoms. The second-order valence-electron chi connectivity index (χ2n) is 7.80. The zero-order valence-corrected chi connectivity index (χ0v) is 17.7. The molecule has 0 spiro atoms. The molecule has 0 bridgehead atoms. The average Bonchev–Trinajstić information content (AvgIpc) is 3.07. The van der Waals surface area contributed by atoms with Crippen molar-refractivity contribution in [3.63, 3.8) is 0 Å². The zero-order valence-electron chi connectivity index (χ0n) is 16.1. The van der Waals surface area contributed by atoms with Gasteiger partial charge in [0.2, 0.25) is 0 Å². The third-order valence-electron chi connectivity index (χ3n) is 4.67. The molecule has 142 valence electrons. The minimum atomic E-state index is 0.126. The molecule has 3 aromatic heterocycles. The molecule has 5 nitrogen and oxygen atoms in total. The molecule has 1 aromatic carbocycles. The molecule has 0 aliphatic heterocycles. The summed E-state index contributed by atoms with van der Waals surface area (Å²) in [5.41, 5.74) is 5.30. The lowest BCUT2D eigenvalue weighted by molar-refractivity contribution is 0.590. The second-order valence-corrected chi connectivity index (χ2v) is 8.65. The summed E-state index contributed by atoms with van der Waals surface area (Å²) in [4.78, 5) is 8.99. The van der Waals surface area contributed by atoms with Crippen molar-refractivity contribution in [2.45, 2.75) is 32.7 Å². The first-order valence-electron chi connectivity index (χ1n) is 9.20. The molecule has 4 rings (SSSR count). The number of nitrogens with one attached hydrogen (secondary N) is 1. The third-order valence-corrected chi connectivity index (χ3v) is 5.23. The van der Waals surface area contributed by atoms with Gasteiger partial charge in [-0.2, -0.15) is 9.61 Å². The SMILES string of the molecule is CC(C)(C)c1ccc(-c2cc(NCc3cccnc3)n3ncc(Br)c3n2)cc1. The Bertz CT molecular complexity index is 1100. The van der Waals surface area contributed by atoms with E-state index in [4.69, 9.17) is 4.98 Å². The normalized spacial score (nSPS) is 11.7. The quantitative estimate of drug-likeness (QED) is 0.462. The molecule has 0 saturated heterocycles. The first kappa shape index (κ1) is 18.6. The summed E-state index contributed by atoms with van der Waals surface area (Å²) in [5.74, 6) is 0.884. The van der Waals surface area contributed by atoms with E-state index >= 15 is 0 Å². The van der Waals surface area contributed by atoms with E-state index in [0.717, 1.165) is 32.8 Å². The number of fused-ring (bicyclic) bond motifs is 1. The smallest absolute Gasteiger partial charge is 0.172 e. The Hall–Kier alpha value is -2.73. The van der Waals surface area contributed by atoms with Gasteiger partial charge in [0.15, 0.2) is 5.65 Å². The zero-order chi connectivity index (χ0) is 19.7. The van der Waals surface area contributed by atoms with Crippen molar-refractivity contribution >= 4 is 27.4 Å². The summed E-state index contributed by atoms with van der Waals surface area (Å²) in [6.45, 7) is 7.31. The summed E-state index contributed by atoms with van der Waals surface area (Å²) < 4.78 is 2.68. The van der Waals surface area contributed by atoms with E-state index < -0.39 is 0 Å². The molecule has 0 amide bonds. The van der Waals surface area contributed by atoms with Gasteiger partial charge in [-0.3, -0.25) is 4.98 Å². The highest BCUT2D eigenvalue weighted by Gasteiger charge is 2.15. The molecule has 0 fully saturated rings. The van der Waals surface area contributed by atoms with Crippen LogP contribution in [-0.4, -0.2) is 19.6 Å². The number of aromatic nitrogens is 4. The number of hydrogen-bond donors (Lipinski definition) is 1. The summed E-state index contributed by atoms with van der Waals surface area (Å²) in [6, 6.07) is 14.6. The minimum absolute atomic E-state index is 0.126. The van der Waals surface area contributed by atoms with Gasteiger partial charge in [-0.1, -0.05) is 51.1 Å². The van der Waals surface area contributed by atoms with E-state index in [2.05, 4.69) is 76.4 Å². The molecule has 3 heterocycles. The summed E-state index contributed by atoms with van der Waals surface area (Å²) in [6.07, 6.45) is 5.40. The van der Waals surface area contributed by atoms with Gasteiger partial charge in [-0.25, -0.2) is 4.98 Å². The van der Waals surface area contributed by atoms with Crippen LogP contribution in [0.3, 0.4) is 0 Å². The van der Waals surface area contributed by atoms with Crippen LogP contribution < -0.4 is 5.32 Å². The lowest BCUT2D eigenvalue weighted by Crippen LogP contribution is -2.10. The average molecular weight is 436 g/mol. The molecular weight excluding hydrogens is 414 g/mol. The van der Waals surface area contributed by atoms with Gasteiger partial charge in [0.25, 0.3) is 0 Å². The van der Waals surface area contributed by atoms with E-state index in [1.807, 2.05) is 28.9 Å². The van der Waals surface area contributed by atoms with Crippen molar-refractivity contribution in [3.8, 4) is 11.3 Å². The van der Waals surface area contributed by atoms with Crippen LogP contribution in [0.15, 0.2) is 65.5 Å². The predicted octanol–water partition coefficient (Wildman–Crippen LogP) is 5.46. The van der Waals surface area contributed by atoms with E-state index in [-0.39, 0.29) is 5.41 Å². The number of anilines is 1. The van der Waals surface area contributed by atoms with Crippen LogP contribution in [0, 0.1) is 0 Å². The van der Waals surface area contributed by atoms with Gasteiger partial charge >= 0.3 is 0 Å². The standard InChI is InChI=1S/C22H22BrN5/c1-22(2,3)17-8-6-16(7-9-17)19-11-20(25-13-15-5-4-10-24-12-15)28-21(27-19)18(23)14-26-28/h4-12,14,25H,13H2,1-3H3. The van der Waals surface area contributed by atoms with Crippen LogP contribution in [-0.2, 0) is 12.0 Å². The lowest BCUT2D eigenvalue weighted by atomic mass is 9.86. The highest BCUT2D eigenvalue weighted by Crippen LogP contribution is 2.28. The lowest BCUT2D eigenvalue weighted by Gasteiger charge is -2.19. The maximum atomic E-state index is 4.81. The van der Waals surface area contributed by atoms with E-state index in [1.165, 1.54) is 5.56 Å². The largest absolute Gasteiger partial charge is 0.366 e. The van der Waals surface area contributed by atoms with Crippen molar-refractivity contribution in [1.29, 1.82) is 0 Å². The Kier molecular flexibility index (Phi) is 4.89. The van der Waals surface area contributed by atoms with E-state index in [9.17, 15) is 0 Å². The molecule has 6 heteroatoms. The molecule has 0 unspecified atom stereocenters. The van der Waals surface area contributed by atoms with Gasteiger partial charge in [-0.15, -0.1) is 0 Å². The van der Waals surface area contributed by atoms with Gasteiger partial charge in [0.1, 0.15) is 5.82 Å². The number of hydrogen-bond acceptors (Lipinski definition) is 4. The monoisotopic (exact) mass is 435 g/mol. The number of halogens is 1. The fraction of sp³-hybridized carbons (Fsp3) is 0.227. The molecule has 0 aliphatic rings. The van der Waals surface area contributed by atoms with Crippen LogP contribution in [0.25, 0.3) is 16.9 Å². The van der Waals surface area contributed by atoms with Crippen molar-refractivity contribution in [2.75, 3.05) is 5.32 Å². The molecule has 0 atom stereocenters. The molecule has 0 radical (unpaired) electrons. The first-order valence-corrected chi connectivity index (χ1v) is 9.99. The van der Waals surface area contributed by atoms with Crippen molar-refractivity contribution in [1.82, 2.24) is 19.6 Å². The van der Waals surface area contributed by atoms with E-state index in [0.29, 0.717) is 6.54 Å². The molecule has 0 aliphatic carbocycles. The van der Waals surface area contributed by atoms with Crippen LogP contribution in [0.5, 0.6) is 0 Å². The van der Waals surface area contributed by atoms with E-state index in [1.54, 1.807) is 12.4 Å². The minimum Gasteiger partial charge on any atom is -0.366 e. The van der Waals surface area contributed by atoms with Crippen molar-refractivity contribution in [3.05, 3.63) is 76.7 Å². The van der Waals surface area contributed by atoms with Crippen molar-refractivity contribution in [2.24, 2.45) is 0 Å². The van der Waals surface area contributed by atoms with Gasteiger partial charge in [0.05, 0.1) is 16.4 Å². The van der Waals surface area contributed by atoms with Crippen LogP contribution in [0.4, 0.5) is 5.82 Å². The van der Waals surface area contributed by atoms with Crippen LogP contribution >= 0.6 is 15.9 Å². The fourth-order valence-corrected chi connectivity index (χ4v) is 3.39. The van der Waals surface area contributed by atoms with Gasteiger partial charge in [-0.05, 0) is 38.5 Å². The molecule has 1 N–H and O–H groups in total. The number of nitrogens with zero attached hydrogens (tertiary/aromatic N) is 4. The fourth-order valence-electron chi connectivity index (χ4n) is 3.05. The van der Waals surface area contributed by atoms with Crippen LogP contribution in [0.1, 0.15) is 31.9 Å². The number of benzene rings is 1. The maximum Gasteiger partial charge on any atom is 0.172 e. The predicted molar refractivity (Wildman–Crippen MR) is 116 cm³/mol. The van der Waals surface area contributed by atoms with Crippen LogP contribution in [0.2, 0.25) is 0 Å². The summed E-state index contributed by atoms with van der Waals surface area (Å²) >= 11 is 3.56. The Morgan fingerprint density at radius 3 is 2.54 bits per heavy atom. The maximum absolute atomic E-state index is 4.81. The van der Waals surface area contributed by atoms with Gasteiger partial charge < -0.3 is 5.32 Å². The molecule has 4 aromatic rings. The Morgan fingerprint density at radius 1 is 1.07 bits per heavy atom. The second kappa shape index (κ2) is 7.36. The number of pyridine rings is 1. The van der Waals surface area contributed by atoms with Crippen molar-refractivity contribution < 1.29 is 0 Å². The number of rotatable bonds is 4. The summed E-state index contributed by atoms with van der Waals surface area (Å²) in [5, 5.41) is 7.90. The highest BCUT2D eigenvalue weighted by molar-refractivity contribution is 9.10. The third kappa shape index (κ3) is 3.78. The summed E-state index contributed by atoms with van der Waals surface area (Å²) in [7, 11) is 0. The first-order chi connectivity index (χ1) is 13.4. The highest BCUT2D eigenvalue weighted by atomic mass is 79.9. The Labute approximate surface area is 173 Å². The Balaban J connectivity index is 1.72. The Morgan fingerprint density at radius 2 is 1.86 bits per heavy atom. The molecular formula is C22H22BrN5. The molecule has 0 saturated carbocycles. The topological polar surface area (TPSA) is 55.1 Å². The van der Waals surface area contributed by atoms with Gasteiger partial charge in [0, 0.05) is 30.6 Å².